The second-order valence-electron chi connectivity index (χ2n) is 4.81. The van der Waals surface area contributed by atoms with Gasteiger partial charge in [0.1, 0.15) is 0 Å². The molecule has 2 unspecified atom stereocenters. The van der Waals surface area contributed by atoms with E-state index in [1.54, 1.807) is 13.8 Å². The highest BCUT2D eigenvalue weighted by molar-refractivity contribution is 7.89. The number of nitrogens with one attached hydrogen (secondary N) is 2. The van der Waals surface area contributed by atoms with Gasteiger partial charge in [0.15, 0.2) is 0 Å². The monoisotopic (exact) mass is 300 g/mol. The zero-order valence-corrected chi connectivity index (χ0v) is 12.6. The molecule has 0 heterocycles. The van der Waals surface area contributed by atoms with Crippen LogP contribution in [0.15, 0.2) is 29.2 Å². The van der Waals surface area contributed by atoms with E-state index in [1.165, 1.54) is 31.2 Å². The maximum absolute atomic E-state index is 12.1. The largest absolute Gasteiger partial charge is 0.393 e. The van der Waals surface area contributed by atoms with Crippen LogP contribution in [-0.2, 0) is 14.8 Å². The smallest absolute Gasteiger partial charge is 0.240 e. The normalized spacial score (nSPS) is 14.6. The van der Waals surface area contributed by atoms with Gasteiger partial charge >= 0.3 is 0 Å². The van der Waals surface area contributed by atoms with E-state index in [0.29, 0.717) is 12.1 Å². The number of anilines is 1. The Bertz CT molecular complexity index is 552. The summed E-state index contributed by atoms with van der Waals surface area (Å²) in [6.45, 7) is 4.67. The molecule has 1 aromatic rings. The van der Waals surface area contributed by atoms with E-state index in [4.69, 9.17) is 0 Å². The summed E-state index contributed by atoms with van der Waals surface area (Å²) < 4.78 is 26.6. The highest BCUT2D eigenvalue weighted by Crippen LogP contribution is 2.15. The van der Waals surface area contributed by atoms with Gasteiger partial charge in [-0.15, -0.1) is 0 Å². The van der Waals surface area contributed by atoms with Gasteiger partial charge in [-0.25, -0.2) is 13.1 Å². The Morgan fingerprint density at radius 2 is 1.80 bits per heavy atom. The molecule has 0 aliphatic carbocycles. The minimum absolute atomic E-state index is 0.115. The van der Waals surface area contributed by atoms with Gasteiger partial charge in [0.05, 0.1) is 11.0 Å². The van der Waals surface area contributed by atoms with E-state index in [1.807, 2.05) is 0 Å². The van der Waals surface area contributed by atoms with Crippen molar-refractivity contribution in [1.29, 1.82) is 0 Å². The first-order valence-electron chi connectivity index (χ1n) is 6.29. The lowest BCUT2D eigenvalue weighted by Gasteiger charge is -2.15. The van der Waals surface area contributed by atoms with Crippen LogP contribution in [-0.4, -0.2) is 31.6 Å². The van der Waals surface area contributed by atoms with Crippen molar-refractivity contribution in [2.24, 2.45) is 0 Å². The molecule has 0 aromatic heterocycles. The first-order chi connectivity index (χ1) is 9.20. The Balaban J connectivity index is 2.80. The third-order valence-electron chi connectivity index (χ3n) is 2.54. The minimum Gasteiger partial charge on any atom is -0.393 e. The van der Waals surface area contributed by atoms with E-state index < -0.39 is 16.1 Å². The SMILES string of the molecule is CC(=O)Nc1ccc(S(=O)(=O)NC(C)CC(C)O)cc1. The van der Waals surface area contributed by atoms with Crippen LogP contribution in [0.3, 0.4) is 0 Å². The number of carbonyl (C=O) groups excluding carboxylic acids is 1. The summed E-state index contributed by atoms with van der Waals surface area (Å²) in [5.74, 6) is -0.218. The number of aliphatic hydroxyl groups is 1. The van der Waals surface area contributed by atoms with Crippen molar-refractivity contribution in [3.05, 3.63) is 24.3 Å². The van der Waals surface area contributed by atoms with E-state index >= 15 is 0 Å². The maximum Gasteiger partial charge on any atom is 0.240 e. The Hall–Kier alpha value is -1.44. The molecule has 1 rings (SSSR count). The summed E-state index contributed by atoms with van der Waals surface area (Å²) >= 11 is 0. The van der Waals surface area contributed by atoms with Crippen molar-refractivity contribution >= 4 is 21.6 Å². The molecule has 6 nitrogen and oxygen atoms in total. The van der Waals surface area contributed by atoms with Crippen molar-refractivity contribution in [2.45, 2.75) is 44.2 Å². The summed E-state index contributed by atoms with van der Waals surface area (Å²) in [7, 11) is -3.62. The molecule has 1 aromatic carbocycles. The molecule has 3 N–H and O–H groups in total. The van der Waals surface area contributed by atoms with Crippen LogP contribution >= 0.6 is 0 Å². The van der Waals surface area contributed by atoms with Gasteiger partial charge in [-0.1, -0.05) is 0 Å². The molecule has 112 valence electrons. The van der Waals surface area contributed by atoms with Crippen LogP contribution in [0.25, 0.3) is 0 Å². The average Bonchev–Trinajstić information content (AvgIpc) is 2.26. The number of hydrogen-bond acceptors (Lipinski definition) is 4. The Labute approximate surface area is 119 Å². The van der Waals surface area contributed by atoms with Crippen LogP contribution in [0, 0.1) is 0 Å². The van der Waals surface area contributed by atoms with Crippen LogP contribution in [0.1, 0.15) is 27.2 Å². The number of rotatable bonds is 6. The van der Waals surface area contributed by atoms with Crippen molar-refractivity contribution in [3.63, 3.8) is 0 Å². The van der Waals surface area contributed by atoms with Crippen LogP contribution in [0.4, 0.5) is 5.69 Å². The molecule has 0 bridgehead atoms. The molecule has 7 heteroatoms. The number of aliphatic hydroxyl groups excluding tert-OH is 1. The second-order valence-corrected chi connectivity index (χ2v) is 6.53. The minimum atomic E-state index is -3.62. The van der Waals surface area contributed by atoms with Gasteiger partial charge in [-0.2, -0.15) is 0 Å². The summed E-state index contributed by atoms with van der Waals surface area (Å²) in [6.07, 6.45) is -0.238. The number of hydrogen-bond donors (Lipinski definition) is 3. The third kappa shape index (κ3) is 5.28. The first kappa shape index (κ1) is 16.6. The third-order valence-corrected chi connectivity index (χ3v) is 4.14. The molecule has 2 atom stereocenters. The fourth-order valence-electron chi connectivity index (χ4n) is 1.81. The molecule has 0 radical (unpaired) electrons. The van der Waals surface area contributed by atoms with Crippen molar-refractivity contribution in [1.82, 2.24) is 4.72 Å². The molecular weight excluding hydrogens is 280 g/mol. The van der Waals surface area contributed by atoms with E-state index in [2.05, 4.69) is 10.0 Å². The quantitative estimate of drug-likeness (QED) is 0.732. The summed E-state index contributed by atoms with van der Waals surface area (Å²) in [4.78, 5) is 11.0. The summed E-state index contributed by atoms with van der Waals surface area (Å²) in [5, 5.41) is 11.8. The van der Waals surface area contributed by atoms with Crippen LogP contribution in [0.5, 0.6) is 0 Å². The van der Waals surface area contributed by atoms with Crippen molar-refractivity contribution in [2.75, 3.05) is 5.32 Å². The second kappa shape index (κ2) is 6.83. The predicted molar refractivity (Wildman–Crippen MR) is 76.8 cm³/mol. The number of sulfonamides is 1. The standard InChI is InChI=1S/C13H20N2O4S/c1-9(8-10(2)16)15-20(18,19)13-6-4-12(5-7-13)14-11(3)17/h4-7,9-10,15-16H,8H2,1-3H3,(H,14,17). The molecule has 1 amide bonds. The van der Waals surface area contributed by atoms with E-state index in [-0.39, 0.29) is 16.8 Å². The fraction of sp³-hybridized carbons (Fsp3) is 0.462. The van der Waals surface area contributed by atoms with Gasteiger partial charge in [-0.3, -0.25) is 4.79 Å². The Morgan fingerprint density at radius 1 is 1.25 bits per heavy atom. The predicted octanol–water partition coefficient (Wildman–Crippen LogP) is 1.08. The Morgan fingerprint density at radius 3 is 2.25 bits per heavy atom. The molecule has 0 saturated carbocycles. The van der Waals surface area contributed by atoms with Gasteiger partial charge in [-0.05, 0) is 44.5 Å². The Kier molecular flexibility index (Phi) is 5.67. The molecule has 20 heavy (non-hydrogen) atoms. The van der Waals surface area contributed by atoms with Crippen molar-refractivity contribution in [3.8, 4) is 0 Å². The lowest BCUT2D eigenvalue weighted by atomic mass is 10.2. The van der Waals surface area contributed by atoms with E-state index in [9.17, 15) is 18.3 Å². The van der Waals surface area contributed by atoms with Gasteiger partial charge in [0, 0.05) is 18.7 Å². The van der Waals surface area contributed by atoms with Crippen LogP contribution in [0.2, 0.25) is 0 Å². The molecule has 0 saturated heterocycles. The fourth-order valence-corrected chi connectivity index (χ4v) is 3.07. The highest BCUT2D eigenvalue weighted by Gasteiger charge is 2.18. The van der Waals surface area contributed by atoms with Crippen LogP contribution < -0.4 is 10.0 Å². The van der Waals surface area contributed by atoms with Gasteiger partial charge in [0.2, 0.25) is 15.9 Å². The van der Waals surface area contributed by atoms with Gasteiger partial charge < -0.3 is 10.4 Å². The highest BCUT2D eigenvalue weighted by atomic mass is 32.2. The van der Waals surface area contributed by atoms with Crippen molar-refractivity contribution < 1.29 is 18.3 Å². The zero-order chi connectivity index (χ0) is 15.3. The summed E-state index contributed by atoms with van der Waals surface area (Å²) in [6, 6.07) is 5.52. The number of benzene rings is 1. The number of amides is 1. The topological polar surface area (TPSA) is 95.5 Å². The zero-order valence-electron chi connectivity index (χ0n) is 11.8. The molecule has 0 fully saturated rings. The molecule has 0 spiro atoms. The molecule has 0 aliphatic heterocycles. The maximum atomic E-state index is 12.1. The number of carbonyl (C=O) groups is 1. The molecular formula is C13H20N2O4S. The lowest BCUT2D eigenvalue weighted by molar-refractivity contribution is -0.114. The first-order valence-corrected chi connectivity index (χ1v) is 7.77. The van der Waals surface area contributed by atoms with E-state index in [0.717, 1.165) is 0 Å². The lowest BCUT2D eigenvalue weighted by Crippen LogP contribution is -2.34. The average molecular weight is 300 g/mol. The summed E-state index contributed by atoms with van der Waals surface area (Å²) in [5.41, 5.74) is 0.536. The van der Waals surface area contributed by atoms with Gasteiger partial charge in [0.25, 0.3) is 0 Å². The molecule has 0 aliphatic rings.